The predicted octanol–water partition coefficient (Wildman–Crippen LogP) is 6.47. The number of allylic oxidation sites excluding steroid dienone is 1. The van der Waals surface area contributed by atoms with E-state index in [1.807, 2.05) is 56.3 Å². The van der Waals surface area contributed by atoms with E-state index in [1.54, 1.807) is 44.2 Å². The zero-order chi connectivity index (χ0) is 30.7. The predicted molar refractivity (Wildman–Crippen MR) is 170 cm³/mol. The van der Waals surface area contributed by atoms with Gasteiger partial charge in [-0.05, 0) is 75.7 Å². The summed E-state index contributed by atoms with van der Waals surface area (Å²) in [5.74, 6) is 0.583. The van der Waals surface area contributed by atoms with Crippen LogP contribution in [0.3, 0.4) is 0 Å². The van der Waals surface area contributed by atoms with E-state index >= 15 is 0 Å². The van der Waals surface area contributed by atoms with Crippen molar-refractivity contribution < 1.29 is 19.0 Å². The van der Waals surface area contributed by atoms with Gasteiger partial charge < -0.3 is 14.2 Å². The molecular formula is C33H30Cl2N2O5S. The van der Waals surface area contributed by atoms with Crippen molar-refractivity contribution in [3.8, 4) is 11.5 Å². The van der Waals surface area contributed by atoms with E-state index in [4.69, 9.17) is 37.4 Å². The van der Waals surface area contributed by atoms with Crippen LogP contribution < -0.4 is 24.4 Å². The number of carbonyl (C=O) groups is 1. The minimum Gasteiger partial charge on any atom is -0.491 e. The molecule has 10 heteroatoms. The molecule has 0 saturated carbocycles. The maximum Gasteiger partial charge on any atom is 0.338 e. The zero-order valence-electron chi connectivity index (χ0n) is 24.1. The number of benzene rings is 3. The first-order chi connectivity index (χ1) is 20.7. The Morgan fingerprint density at radius 2 is 1.81 bits per heavy atom. The first kappa shape index (κ1) is 30.6. The SMILES string of the molecule is CCOC(=O)C1=C(C)N=c2s/c(=C\c3cc(Cl)ccc3OCc3cccc(Cl)c3)c(=O)n2[C@H]1c1ccccc1OC(C)C. The molecule has 0 fully saturated rings. The normalized spacial score (nSPS) is 14.9. The summed E-state index contributed by atoms with van der Waals surface area (Å²) in [6, 6.07) is 19.2. The van der Waals surface area contributed by atoms with E-state index in [0.717, 1.165) is 5.56 Å². The third-order valence-electron chi connectivity index (χ3n) is 6.64. The fourth-order valence-corrected chi connectivity index (χ4v) is 6.28. The van der Waals surface area contributed by atoms with Crippen LogP contribution in [0.25, 0.3) is 6.08 Å². The molecule has 43 heavy (non-hydrogen) atoms. The van der Waals surface area contributed by atoms with E-state index in [-0.39, 0.29) is 30.5 Å². The molecule has 2 heterocycles. The van der Waals surface area contributed by atoms with Gasteiger partial charge in [-0.15, -0.1) is 0 Å². The summed E-state index contributed by atoms with van der Waals surface area (Å²) in [4.78, 5) is 32.6. The van der Waals surface area contributed by atoms with Gasteiger partial charge in [0.05, 0.1) is 28.5 Å². The molecular weight excluding hydrogens is 607 g/mol. The molecule has 1 aliphatic rings. The molecule has 0 amide bonds. The van der Waals surface area contributed by atoms with E-state index < -0.39 is 12.0 Å². The quantitative estimate of drug-likeness (QED) is 0.197. The number of esters is 1. The Kier molecular flexibility index (Phi) is 9.40. The second kappa shape index (κ2) is 13.2. The number of carbonyl (C=O) groups excluding carboxylic acids is 1. The maximum absolute atomic E-state index is 14.2. The average molecular weight is 638 g/mol. The lowest BCUT2D eigenvalue weighted by Crippen LogP contribution is -2.40. The third-order valence-corrected chi connectivity index (χ3v) is 8.09. The standard InChI is InChI=1S/C33H30Cl2N2O5S/c1-5-40-32(39)29-20(4)36-33-37(30(29)25-11-6-7-12-27(25)42-19(2)3)31(38)28(43-33)17-22-16-24(35)13-14-26(22)41-18-21-9-8-10-23(34)15-21/h6-17,19,30H,5,18H2,1-4H3/b28-17-/t30-/m0/s1. The molecule has 0 bridgehead atoms. The first-order valence-corrected chi connectivity index (χ1v) is 15.4. The first-order valence-electron chi connectivity index (χ1n) is 13.8. The van der Waals surface area contributed by atoms with E-state index in [0.29, 0.717) is 47.7 Å². The molecule has 0 unspecified atom stereocenters. The lowest BCUT2D eigenvalue weighted by atomic mass is 9.95. The Labute approximate surface area is 263 Å². The van der Waals surface area contributed by atoms with Crippen LogP contribution in [0.4, 0.5) is 0 Å². The Morgan fingerprint density at radius 3 is 2.56 bits per heavy atom. The second-order valence-corrected chi connectivity index (χ2v) is 12.0. The molecule has 0 radical (unpaired) electrons. The molecule has 7 nitrogen and oxygen atoms in total. The lowest BCUT2D eigenvalue weighted by Gasteiger charge is -2.26. The van der Waals surface area contributed by atoms with E-state index in [2.05, 4.69) is 4.99 Å². The van der Waals surface area contributed by atoms with Gasteiger partial charge in [0.2, 0.25) is 0 Å². The number of aromatic nitrogens is 1. The number of hydrogen-bond acceptors (Lipinski definition) is 7. The summed E-state index contributed by atoms with van der Waals surface area (Å²) in [6.07, 6.45) is 1.61. The van der Waals surface area contributed by atoms with Crippen molar-refractivity contribution in [2.45, 2.75) is 46.4 Å². The smallest absolute Gasteiger partial charge is 0.338 e. The van der Waals surface area contributed by atoms with Crippen LogP contribution in [-0.2, 0) is 16.1 Å². The van der Waals surface area contributed by atoms with Crippen molar-refractivity contribution in [2.24, 2.45) is 4.99 Å². The van der Waals surface area contributed by atoms with Crippen LogP contribution >= 0.6 is 34.5 Å². The fraction of sp³-hybridized carbons (Fsp3) is 0.242. The highest BCUT2D eigenvalue weighted by Gasteiger charge is 2.35. The van der Waals surface area contributed by atoms with Crippen LogP contribution in [0, 0.1) is 0 Å². The van der Waals surface area contributed by atoms with Crippen molar-refractivity contribution in [3.05, 3.63) is 124 Å². The van der Waals surface area contributed by atoms with Crippen molar-refractivity contribution in [3.63, 3.8) is 0 Å². The van der Waals surface area contributed by atoms with Crippen LogP contribution in [0.15, 0.2) is 87.8 Å². The number of nitrogens with zero attached hydrogens (tertiary/aromatic N) is 2. The molecule has 222 valence electrons. The van der Waals surface area contributed by atoms with Gasteiger partial charge in [-0.1, -0.05) is 64.9 Å². The minimum atomic E-state index is -0.801. The summed E-state index contributed by atoms with van der Waals surface area (Å²) in [7, 11) is 0. The molecule has 4 aromatic rings. The van der Waals surface area contributed by atoms with Crippen LogP contribution in [0.2, 0.25) is 10.0 Å². The van der Waals surface area contributed by atoms with Gasteiger partial charge in [-0.3, -0.25) is 9.36 Å². The molecule has 1 aromatic heterocycles. The fourth-order valence-electron chi connectivity index (χ4n) is 4.85. The summed E-state index contributed by atoms with van der Waals surface area (Å²) in [5.41, 5.74) is 2.63. The molecule has 3 aromatic carbocycles. The van der Waals surface area contributed by atoms with Crippen LogP contribution in [0.1, 0.15) is 50.4 Å². The van der Waals surface area contributed by atoms with Gasteiger partial charge >= 0.3 is 5.97 Å². The molecule has 5 rings (SSSR count). The van der Waals surface area contributed by atoms with Gasteiger partial charge in [-0.2, -0.15) is 0 Å². The second-order valence-electron chi connectivity index (χ2n) is 10.1. The number of halogens is 2. The van der Waals surface area contributed by atoms with Crippen LogP contribution in [-0.4, -0.2) is 23.2 Å². The highest BCUT2D eigenvalue weighted by molar-refractivity contribution is 7.07. The summed E-state index contributed by atoms with van der Waals surface area (Å²) >= 11 is 13.7. The van der Waals surface area contributed by atoms with Crippen molar-refractivity contribution in [2.75, 3.05) is 6.61 Å². The van der Waals surface area contributed by atoms with Gasteiger partial charge in [0.25, 0.3) is 5.56 Å². The third kappa shape index (κ3) is 6.72. The van der Waals surface area contributed by atoms with Gasteiger partial charge in [0.15, 0.2) is 4.80 Å². The monoisotopic (exact) mass is 636 g/mol. The van der Waals surface area contributed by atoms with Gasteiger partial charge in [0, 0.05) is 21.2 Å². The molecule has 0 N–H and O–H groups in total. The Bertz CT molecular complexity index is 1890. The Hall–Kier alpha value is -3.85. The van der Waals surface area contributed by atoms with E-state index in [1.165, 1.54) is 15.9 Å². The minimum absolute atomic E-state index is 0.124. The molecule has 0 aliphatic carbocycles. The van der Waals surface area contributed by atoms with Crippen molar-refractivity contribution in [1.82, 2.24) is 4.57 Å². The highest BCUT2D eigenvalue weighted by Crippen LogP contribution is 2.36. The molecule has 0 spiro atoms. The topological polar surface area (TPSA) is 79.1 Å². The highest BCUT2D eigenvalue weighted by atomic mass is 35.5. The number of ether oxygens (including phenoxy) is 3. The Morgan fingerprint density at radius 1 is 1.05 bits per heavy atom. The van der Waals surface area contributed by atoms with Crippen molar-refractivity contribution in [1.29, 1.82) is 0 Å². The number of para-hydroxylation sites is 1. The number of rotatable bonds is 9. The van der Waals surface area contributed by atoms with Gasteiger partial charge in [-0.25, -0.2) is 9.79 Å². The largest absolute Gasteiger partial charge is 0.491 e. The Balaban J connectivity index is 1.65. The van der Waals surface area contributed by atoms with Crippen molar-refractivity contribution >= 4 is 46.6 Å². The summed E-state index contributed by atoms with van der Waals surface area (Å²) in [6.45, 7) is 7.80. The average Bonchev–Trinajstić information content (AvgIpc) is 3.26. The van der Waals surface area contributed by atoms with E-state index in [9.17, 15) is 9.59 Å². The summed E-state index contributed by atoms with van der Waals surface area (Å²) in [5, 5.41) is 1.11. The lowest BCUT2D eigenvalue weighted by molar-refractivity contribution is -0.139. The van der Waals surface area contributed by atoms with Gasteiger partial charge in [0.1, 0.15) is 24.1 Å². The molecule has 0 saturated heterocycles. The van der Waals surface area contributed by atoms with Crippen LogP contribution in [0.5, 0.6) is 11.5 Å². The number of thiazole rings is 1. The summed E-state index contributed by atoms with van der Waals surface area (Å²) < 4.78 is 19.6. The maximum atomic E-state index is 14.2. The zero-order valence-corrected chi connectivity index (χ0v) is 26.4. The molecule has 1 aliphatic heterocycles. The molecule has 1 atom stereocenters. The number of hydrogen-bond donors (Lipinski definition) is 0. The number of fused-ring (bicyclic) bond motifs is 1.